The van der Waals surface area contributed by atoms with Gasteiger partial charge in [0, 0.05) is 5.69 Å². The lowest BCUT2D eigenvalue weighted by molar-refractivity contribution is 0.102. The maximum atomic E-state index is 12.7. The molecule has 0 saturated heterocycles. The second-order valence-corrected chi connectivity index (χ2v) is 7.54. The molecule has 0 fully saturated rings. The van der Waals surface area contributed by atoms with Crippen LogP contribution in [0, 0.1) is 13.8 Å². The molecule has 4 rings (SSSR count). The van der Waals surface area contributed by atoms with Crippen LogP contribution in [-0.2, 0) is 0 Å². The molecule has 0 aliphatic carbocycles. The third-order valence-corrected chi connectivity index (χ3v) is 5.33. The van der Waals surface area contributed by atoms with Crippen molar-refractivity contribution in [3.63, 3.8) is 0 Å². The van der Waals surface area contributed by atoms with E-state index >= 15 is 0 Å². The zero-order valence-corrected chi connectivity index (χ0v) is 15.8. The van der Waals surface area contributed by atoms with Crippen LogP contribution in [-0.4, -0.2) is 15.9 Å². The molecule has 0 aliphatic heterocycles. The Labute approximate surface area is 159 Å². The lowest BCUT2D eigenvalue weighted by atomic mass is 10.0. The normalized spacial score (nSPS) is 11.0. The molecule has 2 aromatic heterocycles. The summed E-state index contributed by atoms with van der Waals surface area (Å²) >= 11 is 7.90. The largest absolute Gasteiger partial charge is 0.337 e. The summed E-state index contributed by atoms with van der Waals surface area (Å²) in [5.74, 6) is 0.608. The van der Waals surface area contributed by atoms with Crippen molar-refractivity contribution in [2.24, 2.45) is 0 Å². The number of carbonyl (C=O) groups is 1. The number of nitrogens with one attached hydrogen (secondary N) is 2. The van der Waals surface area contributed by atoms with Crippen LogP contribution >= 0.6 is 22.9 Å². The smallest absolute Gasteiger partial charge is 0.257 e. The zero-order valence-electron chi connectivity index (χ0n) is 14.3. The fourth-order valence-corrected chi connectivity index (χ4v) is 4.09. The number of amides is 1. The fourth-order valence-electron chi connectivity index (χ4n) is 3.01. The van der Waals surface area contributed by atoms with Crippen molar-refractivity contribution < 1.29 is 4.79 Å². The number of anilines is 1. The van der Waals surface area contributed by atoms with Crippen molar-refractivity contribution in [1.29, 1.82) is 0 Å². The predicted octanol–water partition coefficient (Wildman–Crippen LogP) is 5.81. The van der Waals surface area contributed by atoms with Crippen LogP contribution < -0.4 is 5.32 Å². The second-order valence-electron chi connectivity index (χ2n) is 6.19. The molecule has 4 aromatic rings. The number of aromatic nitrogens is 2. The molecular weight excluding hydrogens is 366 g/mol. The summed E-state index contributed by atoms with van der Waals surface area (Å²) in [4.78, 5) is 21.7. The SMILES string of the molecule is Cc1cc(C)c(C(=O)Nc2ccc3[nH]c(-c4cccs4)nc3c2)c(Cl)c1. The molecule has 2 aromatic carbocycles. The van der Waals surface area contributed by atoms with E-state index in [1.807, 2.05) is 55.6 Å². The Bertz CT molecular complexity index is 1090. The summed E-state index contributed by atoms with van der Waals surface area (Å²) in [6.07, 6.45) is 0. The number of hydrogen-bond donors (Lipinski definition) is 2. The number of benzene rings is 2. The Morgan fingerprint density at radius 3 is 2.77 bits per heavy atom. The molecule has 130 valence electrons. The number of nitrogens with zero attached hydrogens (tertiary/aromatic N) is 1. The summed E-state index contributed by atoms with van der Waals surface area (Å²) < 4.78 is 0. The molecule has 2 N–H and O–H groups in total. The van der Waals surface area contributed by atoms with Crippen molar-refractivity contribution in [2.45, 2.75) is 13.8 Å². The van der Waals surface area contributed by atoms with E-state index in [1.54, 1.807) is 17.4 Å². The van der Waals surface area contributed by atoms with Gasteiger partial charge < -0.3 is 10.3 Å². The van der Waals surface area contributed by atoms with Crippen LogP contribution in [0.15, 0.2) is 47.8 Å². The van der Waals surface area contributed by atoms with Crippen molar-refractivity contribution in [3.8, 4) is 10.7 Å². The summed E-state index contributed by atoms with van der Waals surface area (Å²) in [5.41, 5.74) is 4.80. The average Bonchev–Trinajstić information content (AvgIpc) is 3.22. The maximum Gasteiger partial charge on any atom is 0.257 e. The number of H-pyrrole nitrogens is 1. The van der Waals surface area contributed by atoms with Gasteiger partial charge in [0.25, 0.3) is 5.91 Å². The number of rotatable bonds is 3. The number of fused-ring (bicyclic) bond motifs is 1. The number of hydrogen-bond acceptors (Lipinski definition) is 3. The molecule has 0 radical (unpaired) electrons. The molecule has 0 saturated carbocycles. The Morgan fingerprint density at radius 2 is 2.04 bits per heavy atom. The van der Waals surface area contributed by atoms with Gasteiger partial charge in [-0.3, -0.25) is 4.79 Å². The van der Waals surface area contributed by atoms with Crippen LogP contribution in [0.2, 0.25) is 5.02 Å². The van der Waals surface area contributed by atoms with E-state index in [4.69, 9.17) is 11.6 Å². The van der Waals surface area contributed by atoms with Gasteiger partial charge in [0.05, 0.1) is 26.5 Å². The van der Waals surface area contributed by atoms with E-state index in [9.17, 15) is 4.79 Å². The molecule has 2 heterocycles. The highest BCUT2D eigenvalue weighted by Crippen LogP contribution is 2.27. The Hall–Kier alpha value is -2.63. The minimum Gasteiger partial charge on any atom is -0.337 e. The van der Waals surface area contributed by atoms with Gasteiger partial charge >= 0.3 is 0 Å². The van der Waals surface area contributed by atoms with Crippen LogP contribution in [0.4, 0.5) is 5.69 Å². The molecule has 0 unspecified atom stereocenters. The Morgan fingerprint density at radius 1 is 1.19 bits per heavy atom. The van der Waals surface area contributed by atoms with E-state index in [0.29, 0.717) is 16.3 Å². The monoisotopic (exact) mass is 381 g/mol. The minimum absolute atomic E-state index is 0.221. The van der Waals surface area contributed by atoms with Crippen molar-refractivity contribution >= 4 is 45.6 Å². The van der Waals surface area contributed by atoms with Crippen LogP contribution in [0.25, 0.3) is 21.7 Å². The summed E-state index contributed by atoms with van der Waals surface area (Å²) in [5, 5.41) is 5.40. The van der Waals surface area contributed by atoms with Gasteiger partial charge in [-0.25, -0.2) is 4.98 Å². The standard InChI is InChI=1S/C20H16ClN3OS/c1-11-8-12(2)18(14(21)9-11)20(25)22-13-5-6-15-16(10-13)24-19(23-15)17-4-3-7-26-17/h3-10H,1-2H3,(H,22,25)(H,23,24). The van der Waals surface area contributed by atoms with Gasteiger partial charge in [0.15, 0.2) is 0 Å². The molecule has 0 spiro atoms. The Kier molecular flexibility index (Phi) is 4.26. The van der Waals surface area contributed by atoms with Crippen LogP contribution in [0.5, 0.6) is 0 Å². The summed E-state index contributed by atoms with van der Waals surface area (Å²) in [6, 6.07) is 13.4. The van der Waals surface area contributed by atoms with Gasteiger partial charge in [-0.15, -0.1) is 11.3 Å². The third kappa shape index (κ3) is 3.11. The Balaban J connectivity index is 1.64. The van der Waals surface area contributed by atoms with E-state index in [2.05, 4.69) is 15.3 Å². The first-order chi connectivity index (χ1) is 12.5. The molecule has 0 aliphatic rings. The van der Waals surface area contributed by atoms with Gasteiger partial charge in [-0.2, -0.15) is 0 Å². The average molecular weight is 382 g/mol. The molecular formula is C20H16ClN3OS. The first-order valence-electron chi connectivity index (χ1n) is 8.13. The highest BCUT2D eigenvalue weighted by atomic mass is 35.5. The van der Waals surface area contributed by atoms with E-state index < -0.39 is 0 Å². The number of imidazole rings is 1. The number of halogens is 1. The zero-order chi connectivity index (χ0) is 18.3. The van der Waals surface area contributed by atoms with Gasteiger partial charge in [0.2, 0.25) is 0 Å². The van der Waals surface area contributed by atoms with Gasteiger partial charge in [-0.05, 0) is 60.7 Å². The van der Waals surface area contributed by atoms with E-state index in [0.717, 1.165) is 32.9 Å². The van der Waals surface area contributed by atoms with Crippen LogP contribution in [0.1, 0.15) is 21.5 Å². The molecule has 1 amide bonds. The predicted molar refractivity (Wildman–Crippen MR) is 108 cm³/mol. The molecule has 0 atom stereocenters. The highest BCUT2D eigenvalue weighted by molar-refractivity contribution is 7.13. The maximum absolute atomic E-state index is 12.7. The van der Waals surface area contributed by atoms with Crippen molar-refractivity contribution in [1.82, 2.24) is 9.97 Å². The highest BCUT2D eigenvalue weighted by Gasteiger charge is 2.15. The van der Waals surface area contributed by atoms with E-state index in [1.165, 1.54) is 0 Å². The number of carbonyl (C=O) groups excluding carboxylic acids is 1. The van der Waals surface area contributed by atoms with E-state index in [-0.39, 0.29) is 5.91 Å². The summed E-state index contributed by atoms with van der Waals surface area (Å²) in [6.45, 7) is 3.84. The minimum atomic E-state index is -0.221. The van der Waals surface area contributed by atoms with Crippen LogP contribution in [0.3, 0.4) is 0 Å². The molecule has 0 bridgehead atoms. The fraction of sp³-hybridized carbons (Fsp3) is 0.100. The van der Waals surface area contributed by atoms with Crippen molar-refractivity contribution in [2.75, 3.05) is 5.32 Å². The lowest BCUT2D eigenvalue weighted by Gasteiger charge is -2.10. The van der Waals surface area contributed by atoms with Gasteiger partial charge in [0.1, 0.15) is 5.82 Å². The number of aryl methyl sites for hydroxylation is 2. The second kappa shape index (κ2) is 6.59. The molecule has 4 nitrogen and oxygen atoms in total. The molecule has 6 heteroatoms. The number of thiophene rings is 1. The lowest BCUT2D eigenvalue weighted by Crippen LogP contribution is -2.14. The topological polar surface area (TPSA) is 57.8 Å². The summed E-state index contributed by atoms with van der Waals surface area (Å²) in [7, 11) is 0. The van der Waals surface area contributed by atoms with Gasteiger partial charge in [-0.1, -0.05) is 23.7 Å². The number of aromatic amines is 1. The first-order valence-corrected chi connectivity index (χ1v) is 9.39. The first kappa shape index (κ1) is 16.8. The quantitative estimate of drug-likeness (QED) is 0.470. The van der Waals surface area contributed by atoms with Crippen molar-refractivity contribution in [3.05, 3.63) is 69.6 Å². The molecule has 26 heavy (non-hydrogen) atoms. The third-order valence-electron chi connectivity index (χ3n) is 4.15.